The van der Waals surface area contributed by atoms with Gasteiger partial charge in [0.1, 0.15) is 17.7 Å². The van der Waals surface area contributed by atoms with Gasteiger partial charge >= 0.3 is 0 Å². The Labute approximate surface area is 93.4 Å². The normalized spacial score (nSPS) is 8.62. The third-order valence-electron chi connectivity index (χ3n) is 1.98. The molecule has 1 aromatic rings. The molecule has 0 saturated heterocycles. The van der Waals surface area contributed by atoms with E-state index >= 15 is 0 Å². The lowest BCUT2D eigenvalue weighted by atomic mass is 10.2. The number of nitriles is 3. The Morgan fingerprint density at radius 1 is 1.44 bits per heavy atom. The van der Waals surface area contributed by atoms with Crippen molar-refractivity contribution in [1.29, 1.82) is 15.8 Å². The molecule has 16 heavy (non-hydrogen) atoms. The zero-order chi connectivity index (χ0) is 12.0. The summed E-state index contributed by atoms with van der Waals surface area (Å²) in [6.07, 6.45) is 3.60. The van der Waals surface area contributed by atoms with E-state index in [1.54, 1.807) is 29.9 Å². The van der Waals surface area contributed by atoms with Crippen molar-refractivity contribution < 1.29 is 0 Å². The van der Waals surface area contributed by atoms with Crippen molar-refractivity contribution in [2.75, 3.05) is 0 Å². The Kier molecular flexibility index (Phi) is 3.83. The predicted octanol–water partition coefficient (Wildman–Crippen LogP) is 1.54. The number of aryl methyl sites for hydroxylation is 2. The summed E-state index contributed by atoms with van der Waals surface area (Å²) < 4.78 is 1.64. The van der Waals surface area contributed by atoms with Gasteiger partial charge in [-0.25, -0.2) is 0 Å². The van der Waals surface area contributed by atoms with E-state index in [0.717, 1.165) is 11.3 Å². The van der Waals surface area contributed by atoms with Crippen molar-refractivity contribution in [3.05, 3.63) is 23.0 Å². The van der Waals surface area contributed by atoms with E-state index in [2.05, 4.69) is 5.10 Å². The molecule has 0 bridgehead atoms. The maximum Gasteiger partial charge on any atom is 0.130 e. The quantitative estimate of drug-likeness (QED) is 0.709. The minimum absolute atomic E-state index is 0.0444. The Hall–Kier alpha value is -2.58. The summed E-state index contributed by atoms with van der Waals surface area (Å²) in [5.74, 6) is 0. The first-order valence-corrected chi connectivity index (χ1v) is 4.64. The fourth-order valence-electron chi connectivity index (χ4n) is 1.20. The third-order valence-corrected chi connectivity index (χ3v) is 1.98. The van der Waals surface area contributed by atoms with Crippen LogP contribution in [0.3, 0.4) is 0 Å². The Bertz CT molecular complexity index is 514. The highest BCUT2D eigenvalue weighted by Crippen LogP contribution is 2.10. The molecule has 0 aliphatic heterocycles. The number of nitrogens with zero attached hydrogens (tertiary/aromatic N) is 5. The van der Waals surface area contributed by atoms with E-state index in [1.165, 1.54) is 6.08 Å². The second-order valence-corrected chi connectivity index (χ2v) is 3.12. The molecular formula is C11H9N5. The zero-order valence-corrected chi connectivity index (χ0v) is 8.80. The molecule has 0 radical (unpaired) electrons. The molecule has 5 nitrogen and oxygen atoms in total. The first-order valence-electron chi connectivity index (χ1n) is 4.64. The van der Waals surface area contributed by atoms with Crippen LogP contribution >= 0.6 is 0 Å². The summed E-state index contributed by atoms with van der Waals surface area (Å²) in [5, 5.41) is 29.8. The van der Waals surface area contributed by atoms with Gasteiger partial charge in [-0.1, -0.05) is 0 Å². The average molecular weight is 211 g/mol. The molecule has 0 aliphatic rings. The van der Waals surface area contributed by atoms with Crippen LogP contribution in [0.2, 0.25) is 0 Å². The van der Waals surface area contributed by atoms with E-state index in [1.807, 2.05) is 6.07 Å². The maximum atomic E-state index is 8.62. The van der Waals surface area contributed by atoms with Gasteiger partial charge in [-0.3, -0.25) is 4.68 Å². The number of allylic oxidation sites excluding steroid dienone is 1. The van der Waals surface area contributed by atoms with E-state index in [4.69, 9.17) is 15.8 Å². The van der Waals surface area contributed by atoms with Crippen LogP contribution in [0.4, 0.5) is 0 Å². The van der Waals surface area contributed by atoms with Gasteiger partial charge in [0.25, 0.3) is 0 Å². The second kappa shape index (κ2) is 5.34. The summed E-state index contributed by atoms with van der Waals surface area (Å²) >= 11 is 0. The minimum atomic E-state index is 0.0444. The van der Waals surface area contributed by atoms with Crippen molar-refractivity contribution in [3.8, 4) is 18.2 Å². The summed E-state index contributed by atoms with van der Waals surface area (Å²) in [6.45, 7) is 2.31. The first kappa shape index (κ1) is 11.5. The van der Waals surface area contributed by atoms with Crippen LogP contribution in [0.25, 0.3) is 6.08 Å². The van der Waals surface area contributed by atoms with Gasteiger partial charge in [-0.15, -0.1) is 0 Å². The zero-order valence-electron chi connectivity index (χ0n) is 8.80. The lowest BCUT2D eigenvalue weighted by molar-refractivity contribution is 0.622. The van der Waals surface area contributed by atoms with Gasteiger partial charge in [-0.2, -0.15) is 20.9 Å². The molecule has 0 saturated carbocycles. The Morgan fingerprint density at radius 3 is 2.69 bits per heavy atom. The van der Waals surface area contributed by atoms with Gasteiger partial charge in [-0.05, 0) is 13.0 Å². The lowest BCUT2D eigenvalue weighted by Crippen LogP contribution is -1.97. The van der Waals surface area contributed by atoms with Crippen molar-refractivity contribution in [3.63, 3.8) is 0 Å². The molecule has 1 heterocycles. The van der Waals surface area contributed by atoms with Crippen LogP contribution in [0.1, 0.15) is 17.7 Å². The molecule has 78 valence electrons. The van der Waals surface area contributed by atoms with Crippen molar-refractivity contribution in [2.45, 2.75) is 19.9 Å². The van der Waals surface area contributed by atoms with Gasteiger partial charge in [0, 0.05) is 11.8 Å². The van der Waals surface area contributed by atoms with Gasteiger partial charge in [0.2, 0.25) is 0 Å². The molecule has 5 heteroatoms. The van der Waals surface area contributed by atoms with E-state index < -0.39 is 0 Å². The summed E-state index contributed by atoms with van der Waals surface area (Å²) in [5.41, 5.74) is 1.51. The number of hydrogen-bond donors (Lipinski definition) is 0. The van der Waals surface area contributed by atoms with Crippen LogP contribution in [0, 0.1) is 40.9 Å². The molecule has 0 amide bonds. The van der Waals surface area contributed by atoms with Gasteiger partial charge < -0.3 is 0 Å². The van der Waals surface area contributed by atoms with Crippen molar-refractivity contribution >= 4 is 6.08 Å². The van der Waals surface area contributed by atoms with Crippen LogP contribution in [-0.2, 0) is 6.54 Å². The fourth-order valence-corrected chi connectivity index (χ4v) is 1.20. The van der Waals surface area contributed by atoms with E-state index in [9.17, 15) is 0 Å². The number of rotatable bonds is 3. The molecule has 0 unspecified atom stereocenters. The highest BCUT2D eigenvalue weighted by molar-refractivity contribution is 5.62. The van der Waals surface area contributed by atoms with E-state index in [0.29, 0.717) is 13.0 Å². The Morgan fingerprint density at radius 2 is 2.12 bits per heavy atom. The van der Waals surface area contributed by atoms with Crippen LogP contribution in [-0.4, -0.2) is 9.78 Å². The summed E-state index contributed by atoms with van der Waals surface area (Å²) in [6, 6.07) is 5.61. The Balaban J connectivity index is 2.97. The number of aromatic nitrogens is 2. The van der Waals surface area contributed by atoms with Crippen molar-refractivity contribution in [2.24, 2.45) is 0 Å². The van der Waals surface area contributed by atoms with Gasteiger partial charge in [0.05, 0.1) is 24.7 Å². The molecule has 0 atom stereocenters. The van der Waals surface area contributed by atoms with Crippen LogP contribution < -0.4 is 0 Å². The number of hydrogen-bond acceptors (Lipinski definition) is 4. The van der Waals surface area contributed by atoms with Crippen LogP contribution in [0.5, 0.6) is 0 Å². The molecule has 0 N–H and O–H groups in total. The first-order chi connectivity index (χ1) is 7.71. The molecule has 0 aliphatic carbocycles. The van der Waals surface area contributed by atoms with Crippen molar-refractivity contribution in [1.82, 2.24) is 9.78 Å². The monoisotopic (exact) mass is 211 g/mol. The van der Waals surface area contributed by atoms with E-state index in [-0.39, 0.29) is 5.57 Å². The summed E-state index contributed by atoms with van der Waals surface area (Å²) in [4.78, 5) is 0. The molecular weight excluding hydrogens is 202 g/mol. The fraction of sp³-hybridized carbons (Fsp3) is 0.273. The third kappa shape index (κ3) is 2.70. The SMILES string of the molecule is Cc1nn(CCC#N)cc1C=C(C#N)C#N. The predicted molar refractivity (Wildman–Crippen MR) is 56.4 cm³/mol. The second-order valence-electron chi connectivity index (χ2n) is 3.12. The smallest absolute Gasteiger partial charge is 0.130 e. The maximum absolute atomic E-state index is 8.62. The molecule has 1 rings (SSSR count). The largest absolute Gasteiger partial charge is 0.271 e. The molecule has 1 aromatic heterocycles. The van der Waals surface area contributed by atoms with Gasteiger partial charge in [0.15, 0.2) is 0 Å². The molecule has 0 aromatic carbocycles. The molecule has 0 fully saturated rings. The highest BCUT2D eigenvalue weighted by Gasteiger charge is 2.03. The lowest BCUT2D eigenvalue weighted by Gasteiger charge is -1.92. The minimum Gasteiger partial charge on any atom is -0.271 e. The molecule has 0 spiro atoms. The summed E-state index contributed by atoms with van der Waals surface area (Å²) in [7, 11) is 0. The topological polar surface area (TPSA) is 89.2 Å². The standard InChI is InChI=1S/C11H9N5/c1-9-11(5-10(6-13)7-14)8-16(15-9)4-2-3-12/h5,8H,2,4H2,1H3. The highest BCUT2D eigenvalue weighted by atomic mass is 15.3. The average Bonchev–Trinajstić information content (AvgIpc) is 2.64. The van der Waals surface area contributed by atoms with Crippen LogP contribution in [0.15, 0.2) is 11.8 Å².